The first-order valence-electron chi connectivity index (χ1n) is 23.0. The van der Waals surface area contributed by atoms with Crippen LogP contribution in [0.15, 0.2) is 138 Å². The van der Waals surface area contributed by atoms with Crippen molar-refractivity contribution < 1.29 is 38.8 Å². The standard InChI is InChI=1S/C53H57N5O9/c59-46-22-20-43(44-21-23-49(61)56-50(44)46)47(60)32-54-26-7-8-29-65-52(63)45(31-36-10-3-1-4-11-36)55-51(62)40-18-16-37(17-19-40)35-66-42-15-9-12-38(30-42)33-58(41-13-5-2-6-14-41)53(64)67-48-34-57-27-24-39(48)25-28-57/h1-6,9-23,30,39,45,47-48,54,59-60H,7-8,24-29,31-35H2,(H,55,62)(H,56,61)/t45-,47-,48-/m0/s1. The molecule has 6 aromatic rings. The maximum Gasteiger partial charge on any atom is 0.414 e. The van der Waals surface area contributed by atoms with Crippen LogP contribution in [0.4, 0.5) is 10.5 Å². The van der Waals surface area contributed by atoms with Crippen molar-refractivity contribution in [1.29, 1.82) is 0 Å². The van der Waals surface area contributed by atoms with Gasteiger partial charge in [-0.25, -0.2) is 9.59 Å². The molecule has 0 radical (unpaired) electrons. The Labute approximate surface area is 389 Å². The number of ether oxygens (including phenoxy) is 3. The van der Waals surface area contributed by atoms with Crippen molar-refractivity contribution in [3.8, 4) is 11.5 Å². The molecule has 14 heteroatoms. The van der Waals surface area contributed by atoms with Gasteiger partial charge in [-0.3, -0.25) is 19.4 Å². The number of phenols is 1. The van der Waals surface area contributed by atoms with Crippen LogP contribution in [0.5, 0.6) is 11.5 Å². The van der Waals surface area contributed by atoms with Crippen LogP contribution in [0, 0.1) is 5.92 Å². The number of amides is 2. The molecule has 5 aromatic carbocycles. The molecule has 2 bridgehead atoms. The molecule has 9 rings (SSSR count). The molecule has 0 aliphatic carbocycles. The van der Waals surface area contributed by atoms with Crippen LogP contribution in [0.1, 0.15) is 64.4 Å². The average molecular weight is 908 g/mol. The van der Waals surface area contributed by atoms with Gasteiger partial charge in [0.1, 0.15) is 30.3 Å². The van der Waals surface area contributed by atoms with Crippen LogP contribution < -0.4 is 25.8 Å². The molecule has 2 amide bonds. The average Bonchev–Trinajstić information content (AvgIpc) is 3.35. The summed E-state index contributed by atoms with van der Waals surface area (Å²) in [6.07, 6.45) is 2.22. The Hall–Kier alpha value is -7.00. The van der Waals surface area contributed by atoms with Crippen molar-refractivity contribution in [1.82, 2.24) is 20.5 Å². The zero-order valence-corrected chi connectivity index (χ0v) is 37.4. The number of fused-ring (bicyclic) bond motifs is 4. The molecule has 3 aliphatic heterocycles. The zero-order chi connectivity index (χ0) is 46.5. The SMILES string of the molecule is O=C(N[C@@H](Cc1ccccc1)C(=O)OCCCCNC[C@H](O)c1ccc(O)c2[nH]c(=O)ccc12)c1ccc(COc2cccc(CN(C(=O)O[C@H]3CN4CCC3CC4)c3ccccc3)c2)cc1. The van der Waals surface area contributed by atoms with Crippen molar-refractivity contribution in [2.75, 3.05) is 44.2 Å². The van der Waals surface area contributed by atoms with E-state index in [0.29, 0.717) is 54.1 Å². The molecular formula is C53H57N5O9. The van der Waals surface area contributed by atoms with Gasteiger partial charge in [-0.1, -0.05) is 78.9 Å². The van der Waals surface area contributed by atoms with E-state index in [0.717, 1.165) is 54.9 Å². The second-order valence-corrected chi connectivity index (χ2v) is 17.2. The number of nitrogens with zero attached hydrogens (tertiary/aromatic N) is 2. The molecule has 5 N–H and O–H groups in total. The van der Waals surface area contributed by atoms with E-state index in [4.69, 9.17) is 14.2 Å². The lowest BCUT2D eigenvalue weighted by molar-refractivity contribution is -0.146. The number of nitrogens with one attached hydrogen (secondary N) is 3. The first-order valence-corrected chi connectivity index (χ1v) is 23.0. The summed E-state index contributed by atoms with van der Waals surface area (Å²) < 4.78 is 18.0. The van der Waals surface area contributed by atoms with Gasteiger partial charge in [-0.2, -0.15) is 0 Å². The van der Waals surface area contributed by atoms with Crippen molar-refractivity contribution in [2.24, 2.45) is 5.92 Å². The Balaban J connectivity index is 0.807. The van der Waals surface area contributed by atoms with E-state index in [-0.39, 0.29) is 55.2 Å². The number of carbonyl (C=O) groups excluding carboxylic acids is 3. The molecule has 3 aliphatic rings. The highest BCUT2D eigenvalue weighted by molar-refractivity contribution is 5.97. The van der Waals surface area contributed by atoms with Crippen LogP contribution in [-0.2, 0) is 33.8 Å². The maximum absolute atomic E-state index is 13.7. The van der Waals surface area contributed by atoms with Crippen molar-refractivity contribution in [3.63, 3.8) is 0 Å². The third-order valence-electron chi connectivity index (χ3n) is 12.5. The number of aromatic amines is 1. The van der Waals surface area contributed by atoms with Gasteiger partial charge in [0.15, 0.2) is 0 Å². The number of para-hydroxylation sites is 1. The highest BCUT2D eigenvalue weighted by atomic mass is 16.6. The lowest BCUT2D eigenvalue weighted by Crippen LogP contribution is -2.53. The van der Waals surface area contributed by atoms with Crippen molar-refractivity contribution in [3.05, 3.63) is 172 Å². The van der Waals surface area contributed by atoms with Gasteiger partial charge in [-0.15, -0.1) is 0 Å². The lowest BCUT2D eigenvalue weighted by Gasteiger charge is -2.44. The third kappa shape index (κ3) is 12.5. The summed E-state index contributed by atoms with van der Waals surface area (Å²) in [5.41, 5.74) is 4.22. The minimum Gasteiger partial charge on any atom is -0.506 e. The highest BCUT2D eigenvalue weighted by Gasteiger charge is 2.37. The first kappa shape index (κ1) is 46.5. The Kier molecular flexibility index (Phi) is 15.6. The molecule has 3 fully saturated rings. The fraction of sp³-hybridized carbons (Fsp3) is 0.321. The number of rotatable bonds is 20. The summed E-state index contributed by atoms with van der Waals surface area (Å²) in [6.45, 7) is 4.40. The van der Waals surface area contributed by atoms with Crippen LogP contribution in [0.2, 0.25) is 0 Å². The van der Waals surface area contributed by atoms with Gasteiger partial charge in [0.25, 0.3) is 5.91 Å². The predicted octanol–water partition coefficient (Wildman–Crippen LogP) is 7.04. The molecule has 4 heterocycles. The van der Waals surface area contributed by atoms with Gasteiger partial charge in [0.2, 0.25) is 5.56 Å². The highest BCUT2D eigenvalue weighted by Crippen LogP contribution is 2.32. The number of benzene rings is 5. The maximum atomic E-state index is 13.7. The Morgan fingerprint density at radius 3 is 2.31 bits per heavy atom. The second-order valence-electron chi connectivity index (χ2n) is 17.2. The third-order valence-corrected chi connectivity index (χ3v) is 12.5. The van der Waals surface area contributed by atoms with E-state index >= 15 is 0 Å². The number of anilines is 1. The number of unbranched alkanes of at least 4 members (excludes halogenated alkanes) is 1. The predicted molar refractivity (Wildman–Crippen MR) is 255 cm³/mol. The largest absolute Gasteiger partial charge is 0.506 e. The van der Waals surface area contributed by atoms with Crippen LogP contribution in [-0.4, -0.2) is 89.5 Å². The van der Waals surface area contributed by atoms with Gasteiger partial charge in [0.05, 0.1) is 24.8 Å². The number of hydrogen-bond acceptors (Lipinski definition) is 11. The molecule has 3 saturated heterocycles. The number of aliphatic hydroxyl groups is 1. The van der Waals surface area contributed by atoms with Gasteiger partial charge < -0.3 is 40.0 Å². The fourth-order valence-electron chi connectivity index (χ4n) is 8.75. The number of piperidine rings is 3. The molecule has 0 unspecified atom stereocenters. The Morgan fingerprint density at radius 1 is 0.821 bits per heavy atom. The number of carbonyl (C=O) groups is 3. The topological polar surface area (TPSA) is 183 Å². The summed E-state index contributed by atoms with van der Waals surface area (Å²) in [6, 6.07) is 38.7. The lowest BCUT2D eigenvalue weighted by atomic mass is 9.86. The summed E-state index contributed by atoms with van der Waals surface area (Å²) in [5, 5.41) is 27.6. The summed E-state index contributed by atoms with van der Waals surface area (Å²) in [5.74, 6) is 0.0102. The number of aliphatic hydroxyl groups excluding tert-OH is 1. The van der Waals surface area contributed by atoms with Gasteiger partial charge in [-0.05, 0) is 122 Å². The monoisotopic (exact) mass is 907 g/mol. The van der Waals surface area contributed by atoms with Crippen molar-refractivity contribution in [2.45, 2.75) is 63.5 Å². The van der Waals surface area contributed by atoms with Crippen LogP contribution in [0.25, 0.3) is 10.9 Å². The van der Waals surface area contributed by atoms with Crippen LogP contribution >= 0.6 is 0 Å². The number of pyridine rings is 1. The zero-order valence-electron chi connectivity index (χ0n) is 37.4. The molecule has 1 aromatic heterocycles. The number of aromatic hydroxyl groups is 1. The van der Waals surface area contributed by atoms with E-state index in [1.54, 1.807) is 29.2 Å². The molecule has 0 spiro atoms. The molecule has 0 saturated carbocycles. The quantitative estimate of drug-likeness (QED) is 0.0392. The van der Waals surface area contributed by atoms with E-state index in [9.17, 15) is 29.4 Å². The summed E-state index contributed by atoms with van der Waals surface area (Å²) in [4.78, 5) is 59.0. The summed E-state index contributed by atoms with van der Waals surface area (Å²) >= 11 is 0. The number of hydrogen-bond donors (Lipinski definition) is 5. The summed E-state index contributed by atoms with van der Waals surface area (Å²) in [7, 11) is 0. The minimum absolute atomic E-state index is 0.0727. The molecule has 14 nitrogen and oxygen atoms in total. The van der Waals surface area contributed by atoms with E-state index in [2.05, 4.69) is 20.5 Å². The minimum atomic E-state index is -0.923. The fourth-order valence-corrected chi connectivity index (χ4v) is 8.75. The van der Waals surface area contributed by atoms with Gasteiger partial charge >= 0.3 is 12.1 Å². The van der Waals surface area contributed by atoms with Crippen molar-refractivity contribution >= 4 is 34.6 Å². The van der Waals surface area contributed by atoms with E-state index < -0.39 is 24.0 Å². The second kappa shape index (κ2) is 22.5. The molecular weight excluding hydrogens is 851 g/mol. The van der Waals surface area contributed by atoms with Crippen LogP contribution in [0.3, 0.4) is 0 Å². The molecule has 3 atom stereocenters. The Morgan fingerprint density at radius 2 is 1.57 bits per heavy atom. The number of phenolic OH excluding ortho intramolecular Hbond substituents is 1. The molecule has 348 valence electrons. The number of H-pyrrole nitrogens is 1. The first-order chi connectivity index (χ1) is 32.7. The Bertz CT molecular complexity index is 2650. The van der Waals surface area contributed by atoms with E-state index in [1.165, 1.54) is 12.1 Å². The van der Waals surface area contributed by atoms with E-state index in [1.807, 2.05) is 97.1 Å². The smallest absolute Gasteiger partial charge is 0.414 e. The van der Waals surface area contributed by atoms with Gasteiger partial charge in [0, 0.05) is 42.2 Å². The molecule has 67 heavy (non-hydrogen) atoms. The number of aromatic nitrogens is 1. The number of esters is 1. The normalized spacial score (nSPS) is 17.3.